The largest absolute Gasteiger partial charge is 0.356 e. The molecule has 3 aromatic heterocycles. The third-order valence-corrected chi connectivity index (χ3v) is 7.45. The van der Waals surface area contributed by atoms with Crippen molar-refractivity contribution in [2.75, 3.05) is 41.8 Å². The highest BCUT2D eigenvalue weighted by molar-refractivity contribution is 6.02. The van der Waals surface area contributed by atoms with Crippen molar-refractivity contribution in [3.05, 3.63) is 36.7 Å². The fraction of sp³-hybridized carbons (Fsp3) is 0.440. The molecule has 1 saturated heterocycles. The summed E-state index contributed by atoms with van der Waals surface area (Å²) < 4.78 is 1.42. The van der Waals surface area contributed by atoms with Crippen LogP contribution in [0, 0.1) is 11.8 Å². The highest BCUT2D eigenvalue weighted by Gasteiger charge is 2.46. The molecule has 0 radical (unpaired) electrons. The van der Waals surface area contributed by atoms with Gasteiger partial charge in [0.25, 0.3) is 5.91 Å². The molecule has 1 aliphatic carbocycles. The number of hydrogen-bond donors (Lipinski definition) is 2. The Kier molecular flexibility index (Phi) is 5.98. The predicted octanol–water partition coefficient (Wildman–Crippen LogP) is 0.543. The van der Waals surface area contributed by atoms with Crippen LogP contribution in [0.5, 0.6) is 0 Å². The first-order valence-electron chi connectivity index (χ1n) is 12.7. The predicted molar refractivity (Wildman–Crippen MR) is 139 cm³/mol. The molecule has 3 aliphatic rings. The van der Waals surface area contributed by atoms with Crippen molar-refractivity contribution in [1.82, 2.24) is 34.4 Å². The van der Waals surface area contributed by atoms with Crippen LogP contribution in [0.3, 0.4) is 0 Å². The third-order valence-electron chi connectivity index (χ3n) is 7.45. The summed E-state index contributed by atoms with van der Waals surface area (Å²) in [6, 6.07) is 0.702. The Bertz CT molecular complexity index is 1450. The molecule has 3 aromatic rings. The third kappa shape index (κ3) is 4.46. The zero-order chi connectivity index (χ0) is 27.4. The maximum Gasteiger partial charge on any atom is 0.278 e. The van der Waals surface area contributed by atoms with Gasteiger partial charge in [-0.25, -0.2) is 24.9 Å². The molecule has 2 aliphatic heterocycles. The Morgan fingerprint density at radius 1 is 1.15 bits per heavy atom. The van der Waals surface area contributed by atoms with E-state index in [1.54, 1.807) is 32.4 Å². The molecule has 1 saturated carbocycles. The van der Waals surface area contributed by atoms with Crippen molar-refractivity contribution in [2.45, 2.75) is 32.7 Å². The Balaban J connectivity index is 1.18. The molecule has 0 spiro atoms. The van der Waals surface area contributed by atoms with Crippen LogP contribution in [0.4, 0.5) is 17.6 Å². The van der Waals surface area contributed by atoms with Gasteiger partial charge in [0.05, 0.1) is 18.4 Å². The lowest BCUT2D eigenvalue weighted by molar-refractivity contribution is -0.120. The molecule has 2 N–H and O–H groups in total. The topological polar surface area (TPSA) is 163 Å². The number of piperidine rings is 1. The molecule has 0 aromatic carbocycles. The fourth-order valence-corrected chi connectivity index (χ4v) is 5.15. The summed E-state index contributed by atoms with van der Waals surface area (Å²) in [5.74, 6) is 1.76. The van der Waals surface area contributed by atoms with Gasteiger partial charge in [0, 0.05) is 38.7 Å². The van der Waals surface area contributed by atoms with Crippen molar-refractivity contribution in [1.29, 1.82) is 0 Å². The summed E-state index contributed by atoms with van der Waals surface area (Å²) >= 11 is 0. The number of fused-ring (bicyclic) bond motifs is 2. The molecule has 39 heavy (non-hydrogen) atoms. The lowest BCUT2D eigenvalue weighted by Gasteiger charge is -2.38. The monoisotopic (exact) mass is 532 g/mol. The zero-order valence-electron chi connectivity index (χ0n) is 21.7. The number of carbonyl (C=O) groups excluding carboxylic acids is 3. The summed E-state index contributed by atoms with van der Waals surface area (Å²) in [6.45, 7) is 4.66. The number of nitrogens with one attached hydrogen (secondary N) is 1. The van der Waals surface area contributed by atoms with E-state index in [9.17, 15) is 19.5 Å². The number of aliphatic hydroxyl groups is 1. The molecule has 3 unspecified atom stereocenters. The van der Waals surface area contributed by atoms with Crippen molar-refractivity contribution in [3.8, 4) is 11.4 Å². The van der Waals surface area contributed by atoms with Gasteiger partial charge in [-0.2, -0.15) is 0 Å². The van der Waals surface area contributed by atoms with Gasteiger partial charge < -0.3 is 24.8 Å². The van der Waals surface area contributed by atoms with E-state index in [-0.39, 0.29) is 29.7 Å². The first kappa shape index (κ1) is 24.9. The maximum atomic E-state index is 13.2. The number of carbonyl (C=O) groups is 3. The molecule has 14 nitrogen and oxygen atoms in total. The number of rotatable bonds is 7. The molecular weight excluding hydrogens is 504 g/mol. The van der Waals surface area contributed by atoms with E-state index >= 15 is 0 Å². The van der Waals surface area contributed by atoms with Crippen LogP contribution in [-0.2, 0) is 9.59 Å². The van der Waals surface area contributed by atoms with Gasteiger partial charge in [0.2, 0.25) is 18.2 Å². The first-order chi connectivity index (χ1) is 18.7. The van der Waals surface area contributed by atoms with Crippen LogP contribution >= 0.6 is 0 Å². The van der Waals surface area contributed by atoms with Crippen LogP contribution in [0.2, 0.25) is 0 Å². The second-order valence-electron chi connectivity index (χ2n) is 10.3. The minimum atomic E-state index is -1.35. The molecule has 14 heteroatoms. The summed E-state index contributed by atoms with van der Waals surface area (Å²) in [7, 11) is 1.55. The highest BCUT2D eigenvalue weighted by Crippen LogP contribution is 2.45. The van der Waals surface area contributed by atoms with E-state index in [4.69, 9.17) is 0 Å². The van der Waals surface area contributed by atoms with Crippen LogP contribution < -0.4 is 15.1 Å². The van der Waals surface area contributed by atoms with Gasteiger partial charge in [-0.3, -0.25) is 19.3 Å². The SMILES string of the molecule is CC(=O)CN1C(=O)c2c(ncn2[C@@H](C)C(=O)Nc2ccnc(-c3cnc(N4CC5CC5C4)nc3)n2)N(C)C1O. The van der Waals surface area contributed by atoms with Gasteiger partial charge in [0.1, 0.15) is 17.6 Å². The lowest BCUT2D eigenvalue weighted by Crippen LogP contribution is -2.55. The van der Waals surface area contributed by atoms with Crippen LogP contribution in [0.15, 0.2) is 31.0 Å². The first-order valence-corrected chi connectivity index (χ1v) is 12.7. The molecular formula is C25H28N10O4. The summed E-state index contributed by atoms with van der Waals surface area (Å²) in [5, 5.41) is 13.2. The van der Waals surface area contributed by atoms with Gasteiger partial charge >= 0.3 is 0 Å². The molecule has 5 heterocycles. The van der Waals surface area contributed by atoms with Crippen molar-refractivity contribution >= 4 is 35.2 Å². The van der Waals surface area contributed by atoms with E-state index in [2.05, 4.69) is 35.1 Å². The Morgan fingerprint density at radius 2 is 1.87 bits per heavy atom. The van der Waals surface area contributed by atoms with Crippen molar-refractivity contribution in [3.63, 3.8) is 0 Å². The standard InChI is InChI=1S/C25H28N10O4/c1-13(36)9-34-23(38)19-21(32(3)25(34)39)29-12-35(19)14(2)22(37)31-18-4-5-26-20(30-18)17-7-27-24(28-8-17)33-10-15-6-16(15)11-33/h4-5,7-8,12,14-16,25,39H,6,9-11H2,1-3H3,(H,26,30,31,37)/t14-,15?,16?,25?/m0/s1. The number of aromatic nitrogens is 6. The van der Waals surface area contributed by atoms with E-state index in [0.29, 0.717) is 17.3 Å². The summed E-state index contributed by atoms with van der Waals surface area (Å²) in [5.41, 5.74) is 0.719. The van der Waals surface area contributed by atoms with Crippen LogP contribution in [0.25, 0.3) is 11.4 Å². The second-order valence-corrected chi connectivity index (χ2v) is 10.3. The second kappa shape index (κ2) is 9.38. The number of nitrogens with zero attached hydrogens (tertiary/aromatic N) is 9. The Labute approximate surface area is 223 Å². The minimum absolute atomic E-state index is 0.0996. The molecule has 2 amide bonds. The Morgan fingerprint density at radius 3 is 2.56 bits per heavy atom. The molecule has 2 fully saturated rings. The smallest absolute Gasteiger partial charge is 0.278 e. The molecule has 4 atom stereocenters. The molecule has 6 rings (SSSR count). The van der Waals surface area contributed by atoms with Crippen LogP contribution in [0.1, 0.15) is 36.8 Å². The summed E-state index contributed by atoms with van der Waals surface area (Å²) in [6.07, 6.45) is 6.20. The number of ketones is 1. The van der Waals surface area contributed by atoms with E-state index in [1.807, 2.05) is 0 Å². The lowest BCUT2D eigenvalue weighted by atomic mass is 10.2. The van der Waals surface area contributed by atoms with E-state index in [1.165, 1.54) is 35.3 Å². The van der Waals surface area contributed by atoms with Gasteiger partial charge in [-0.15, -0.1) is 0 Å². The fourth-order valence-electron chi connectivity index (χ4n) is 5.15. The normalized spacial score (nSPS) is 22.4. The zero-order valence-corrected chi connectivity index (χ0v) is 21.7. The molecule has 202 valence electrons. The molecule has 0 bridgehead atoms. The number of imidazole rings is 1. The number of anilines is 3. The quantitative estimate of drug-likeness (QED) is 0.437. The van der Waals surface area contributed by atoms with Gasteiger partial charge in [-0.05, 0) is 38.2 Å². The Hall–Kier alpha value is -4.46. The number of aliphatic hydroxyl groups excluding tert-OH is 1. The van der Waals surface area contributed by atoms with Crippen molar-refractivity contribution < 1.29 is 19.5 Å². The van der Waals surface area contributed by atoms with Gasteiger partial charge in [-0.1, -0.05) is 0 Å². The average Bonchev–Trinajstić information content (AvgIpc) is 3.31. The number of amides is 2. The van der Waals surface area contributed by atoms with Crippen LogP contribution in [-0.4, -0.2) is 90.1 Å². The minimum Gasteiger partial charge on any atom is -0.356 e. The van der Waals surface area contributed by atoms with E-state index < -0.39 is 24.2 Å². The van der Waals surface area contributed by atoms with E-state index in [0.717, 1.165) is 29.8 Å². The average molecular weight is 533 g/mol. The maximum absolute atomic E-state index is 13.2. The highest BCUT2D eigenvalue weighted by atomic mass is 16.3. The summed E-state index contributed by atoms with van der Waals surface area (Å²) in [4.78, 5) is 64.6. The van der Waals surface area contributed by atoms with Crippen molar-refractivity contribution in [2.24, 2.45) is 11.8 Å². The number of Topliss-reactive ketones (excluding diaryl/α,β-unsaturated/α-hetero) is 1. The van der Waals surface area contributed by atoms with Gasteiger partial charge in [0.15, 0.2) is 17.3 Å². The number of hydrogen-bond acceptors (Lipinski definition) is 11.